The van der Waals surface area contributed by atoms with Gasteiger partial charge in [0.25, 0.3) is 0 Å². The van der Waals surface area contributed by atoms with Crippen LogP contribution < -0.4 is 0 Å². The maximum absolute atomic E-state index is 6.18. The summed E-state index contributed by atoms with van der Waals surface area (Å²) in [5.41, 5.74) is 1.78. The van der Waals surface area contributed by atoms with E-state index in [-0.39, 0.29) is 11.5 Å². The average molecular weight is 325 g/mol. The molecular formula is C16H18Cl2N2O. The summed E-state index contributed by atoms with van der Waals surface area (Å²) >= 11 is 12.1. The first-order valence-electron chi connectivity index (χ1n) is 6.68. The second kappa shape index (κ2) is 6.73. The molecule has 0 amide bonds. The van der Waals surface area contributed by atoms with E-state index in [0.29, 0.717) is 16.7 Å². The van der Waals surface area contributed by atoms with Crippen molar-refractivity contribution >= 4 is 23.2 Å². The Morgan fingerprint density at radius 1 is 1.14 bits per heavy atom. The first-order chi connectivity index (χ1) is 9.88. The van der Waals surface area contributed by atoms with E-state index in [0.717, 1.165) is 11.1 Å². The van der Waals surface area contributed by atoms with E-state index in [4.69, 9.17) is 27.9 Å². The van der Waals surface area contributed by atoms with Gasteiger partial charge < -0.3 is 4.74 Å². The second-order valence-corrected chi connectivity index (χ2v) is 6.81. The van der Waals surface area contributed by atoms with Crippen molar-refractivity contribution in [3.8, 4) is 0 Å². The van der Waals surface area contributed by atoms with Crippen molar-refractivity contribution in [2.75, 3.05) is 0 Å². The van der Waals surface area contributed by atoms with Crippen LogP contribution in [0.3, 0.4) is 0 Å². The van der Waals surface area contributed by atoms with Crippen LogP contribution in [0, 0.1) is 5.41 Å². The summed E-state index contributed by atoms with van der Waals surface area (Å²) in [4.78, 5) is 8.14. The molecule has 0 N–H and O–H groups in total. The minimum atomic E-state index is -0.120. The van der Waals surface area contributed by atoms with Crippen molar-refractivity contribution in [1.29, 1.82) is 0 Å². The number of aromatic nitrogens is 2. The summed E-state index contributed by atoms with van der Waals surface area (Å²) in [6, 6.07) is 5.41. The molecule has 1 unspecified atom stereocenters. The van der Waals surface area contributed by atoms with Gasteiger partial charge in [-0.3, -0.25) is 0 Å². The predicted molar refractivity (Wildman–Crippen MR) is 85.5 cm³/mol. The van der Waals surface area contributed by atoms with Crippen LogP contribution in [0.5, 0.6) is 0 Å². The van der Waals surface area contributed by atoms with Gasteiger partial charge in [-0.05, 0) is 23.1 Å². The van der Waals surface area contributed by atoms with E-state index in [1.807, 2.05) is 12.1 Å². The lowest BCUT2D eigenvalue weighted by Crippen LogP contribution is -2.21. The molecule has 1 heterocycles. The monoisotopic (exact) mass is 324 g/mol. The Kier molecular flexibility index (Phi) is 5.20. The van der Waals surface area contributed by atoms with Gasteiger partial charge in [0.15, 0.2) is 0 Å². The number of nitrogens with zero attached hydrogens (tertiary/aromatic N) is 2. The lowest BCUT2D eigenvalue weighted by atomic mass is 9.85. The molecule has 0 saturated carbocycles. The molecule has 0 fully saturated rings. The minimum Gasteiger partial charge on any atom is -0.368 e. The molecule has 0 spiro atoms. The Hall–Kier alpha value is -1.16. The van der Waals surface area contributed by atoms with Gasteiger partial charge in [-0.15, -0.1) is 0 Å². The summed E-state index contributed by atoms with van der Waals surface area (Å²) in [5.74, 6) is 0. The fourth-order valence-corrected chi connectivity index (χ4v) is 2.57. The summed E-state index contributed by atoms with van der Waals surface area (Å²) in [6.45, 7) is 6.77. The van der Waals surface area contributed by atoms with Crippen LogP contribution in [-0.2, 0) is 11.3 Å². The molecule has 21 heavy (non-hydrogen) atoms. The number of halogens is 2. The Morgan fingerprint density at radius 2 is 1.81 bits per heavy atom. The van der Waals surface area contributed by atoms with Gasteiger partial charge in [0.2, 0.25) is 0 Å². The van der Waals surface area contributed by atoms with Gasteiger partial charge in [0, 0.05) is 28.0 Å². The third-order valence-corrected chi connectivity index (χ3v) is 3.68. The second-order valence-electron chi connectivity index (χ2n) is 5.96. The summed E-state index contributed by atoms with van der Waals surface area (Å²) in [5, 5.41) is 1.23. The lowest BCUT2D eigenvalue weighted by molar-refractivity contribution is -0.0308. The van der Waals surface area contributed by atoms with Gasteiger partial charge in [-0.1, -0.05) is 50.0 Å². The topological polar surface area (TPSA) is 35.0 Å². The van der Waals surface area contributed by atoms with Crippen LogP contribution in [-0.4, -0.2) is 9.97 Å². The quantitative estimate of drug-likeness (QED) is 0.785. The number of benzene rings is 1. The Labute approximate surface area is 135 Å². The molecule has 2 rings (SSSR count). The molecule has 0 radical (unpaired) electrons. The number of hydrogen-bond acceptors (Lipinski definition) is 3. The van der Waals surface area contributed by atoms with Crippen molar-refractivity contribution in [1.82, 2.24) is 9.97 Å². The molecule has 0 aliphatic heterocycles. The molecule has 0 aliphatic carbocycles. The summed E-state index contributed by atoms with van der Waals surface area (Å²) in [6.07, 6.45) is 4.96. The first-order valence-corrected chi connectivity index (χ1v) is 7.44. The van der Waals surface area contributed by atoms with E-state index < -0.39 is 0 Å². The Balaban J connectivity index is 2.17. The maximum Gasteiger partial charge on any atom is 0.115 e. The zero-order valence-electron chi connectivity index (χ0n) is 12.3. The van der Waals surface area contributed by atoms with Crippen molar-refractivity contribution in [2.24, 2.45) is 5.41 Å². The van der Waals surface area contributed by atoms with Crippen molar-refractivity contribution in [3.05, 3.63) is 58.1 Å². The van der Waals surface area contributed by atoms with E-state index in [9.17, 15) is 0 Å². The van der Waals surface area contributed by atoms with E-state index >= 15 is 0 Å². The molecule has 0 saturated heterocycles. The van der Waals surface area contributed by atoms with Crippen LogP contribution in [0.1, 0.15) is 38.0 Å². The predicted octanol–water partition coefficient (Wildman–Crippen LogP) is 5.09. The van der Waals surface area contributed by atoms with Gasteiger partial charge in [0.05, 0.1) is 12.7 Å². The molecule has 112 valence electrons. The largest absolute Gasteiger partial charge is 0.368 e. The molecule has 0 bridgehead atoms. The summed E-state index contributed by atoms with van der Waals surface area (Å²) in [7, 11) is 0. The van der Waals surface area contributed by atoms with Crippen LogP contribution >= 0.6 is 23.2 Å². The van der Waals surface area contributed by atoms with Crippen LogP contribution in [0.4, 0.5) is 0 Å². The molecule has 1 atom stereocenters. The summed E-state index contributed by atoms with van der Waals surface area (Å²) < 4.78 is 6.09. The zero-order chi connectivity index (χ0) is 15.5. The number of rotatable bonds is 4. The molecule has 0 aliphatic rings. The van der Waals surface area contributed by atoms with Crippen molar-refractivity contribution < 1.29 is 4.74 Å². The average Bonchev–Trinajstić information content (AvgIpc) is 2.41. The third-order valence-electron chi connectivity index (χ3n) is 3.09. The molecule has 1 aromatic carbocycles. The van der Waals surface area contributed by atoms with Gasteiger partial charge >= 0.3 is 0 Å². The highest BCUT2D eigenvalue weighted by Crippen LogP contribution is 2.36. The lowest BCUT2D eigenvalue weighted by Gasteiger charge is -2.30. The molecule has 3 nitrogen and oxygen atoms in total. The van der Waals surface area contributed by atoms with Gasteiger partial charge in [0.1, 0.15) is 6.33 Å². The number of hydrogen-bond donors (Lipinski definition) is 0. The third kappa shape index (κ3) is 4.40. The first kappa shape index (κ1) is 16.2. The maximum atomic E-state index is 6.18. The number of ether oxygens (including phenoxy) is 1. The minimum absolute atomic E-state index is 0.0797. The molecule has 1 aromatic heterocycles. The SMILES string of the molecule is CC(C)(C)C(OCc1ccc(Cl)cc1Cl)c1cncnc1. The highest BCUT2D eigenvalue weighted by molar-refractivity contribution is 6.35. The fraction of sp³-hybridized carbons (Fsp3) is 0.375. The molecule has 2 aromatic rings. The standard InChI is InChI=1S/C16H18Cl2N2O/c1-16(2,3)15(12-7-19-10-20-8-12)21-9-11-4-5-13(17)6-14(11)18/h4-8,10,15H,9H2,1-3H3. The Morgan fingerprint density at radius 3 is 2.38 bits per heavy atom. The smallest absolute Gasteiger partial charge is 0.115 e. The van der Waals surface area contributed by atoms with Gasteiger partial charge in [-0.25, -0.2) is 9.97 Å². The van der Waals surface area contributed by atoms with Crippen molar-refractivity contribution in [3.63, 3.8) is 0 Å². The normalized spacial score (nSPS) is 13.2. The molecule has 5 heteroatoms. The van der Waals surface area contributed by atoms with E-state index in [2.05, 4.69) is 30.7 Å². The van der Waals surface area contributed by atoms with Crippen LogP contribution in [0.25, 0.3) is 0 Å². The Bertz CT molecular complexity index is 597. The fourth-order valence-electron chi connectivity index (χ4n) is 2.10. The van der Waals surface area contributed by atoms with Gasteiger partial charge in [-0.2, -0.15) is 0 Å². The van der Waals surface area contributed by atoms with E-state index in [1.54, 1.807) is 18.5 Å². The highest BCUT2D eigenvalue weighted by Gasteiger charge is 2.27. The highest BCUT2D eigenvalue weighted by atomic mass is 35.5. The zero-order valence-corrected chi connectivity index (χ0v) is 13.8. The molecular weight excluding hydrogens is 307 g/mol. The van der Waals surface area contributed by atoms with Crippen molar-refractivity contribution in [2.45, 2.75) is 33.5 Å². The van der Waals surface area contributed by atoms with E-state index in [1.165, 1.54) is 6.33 Å². The van der Waals surface area contributed by atoms with Crippen LogP contribution in [0.2, 0.25) is 10.0 Å². The van der Waals surface area contributed by atoms with Crippen LogP contribution in [0.15, 0.2) is 36.9 Å².